The molecule has 0 spiro atoms. The lowest BCUT2D eigenvalue weighted by atomic mass is 10.0. The largest absolute Gasteiger partial charge is 0.495 e. The zero-order chi connectivity index (χ0) is 11.4. The van der Waals surface area contributed by atoms with Gasteiger partial charge >= 0.3 is 0 Å². The van der Waals surface area contributed by atoms with E-state index < -0.39 is 11.9 Å². The Morgan fingerprint density at radius 2 is 2.27 bits per heavy atom. The molecule has 0 bridgehead atoms. The van der Waals surface area contributed by atoms with E-state index in [0.717, 1.165) is 0 Å². The second-order valence-corrected chi connectivity index (χ2v) is 3.48. The van der Waals surface area contributed by atoms with Crippen LogP contribution in [0, 0.1) is 5.82 Å². The van der Waals surface area contributed by atoms with Gasteiger partial charge < -0.3 is 15.6 Å². The second kappa shape index (κ2) is 5.30. The molecule has 0 aliphatic rings. The first kappa shape index (κ1) is 12.2. The SMILES string of the molecule is COc1c(C(N)CCO)ccc(F)c1Cl. The molecular formula is C10H13ClFNO2. The number of hydrogen-bond donors (Lipinski definition) is 2. The van der Waals surface area contributed by atoms with Gasteiger partial charge in [-0.2, -0.15) is 0 Å². The summed E-state index contributed by atoms with van der Waals surface area (Å²) >= 11 is 5.72. The van der Waals surface area contributed by atoms with Crippen molar-refractivity contribution in [3.8, 4) is 5.75 Å². The molecule has 84 valence electrons. The molecule has 0 aliphatic carbocycles. The Morgan fingerprint density at radius 1 is 1.60 bits per heavy atom. The van der Waals surface area contributed by atoms with Gasteiger partial charge in [-0.15, -0.1) is 0 Å². The smallest absolute Gasteiger partial charge is 0.145 e. The molecule has 3 nitrogen and oxygen atoms in total. The lowest BCUT2D eigenvalue weighted by Crippen LogP contribution is -2.13. The van der Waals surface area contributed by atoms with Crippen LogP contribution in [-0.2, 0) is 0 Å². The van der Waals surface area contributed by atoms with Gasteiger partial charge in [-0.1, -0.05) is 17.7 Å². The average Bonchev–Trinajstić information content (AvgIpc) is 2.22. The molecule has 0 aliphatic heterocycles. The first-order chi connectivity index (χ1) is 7.11. The Hall–Kier alpha value is -0.840. The zero-order valence-electron chi connectivity index (χ0n) is 8.34. The Labute approximate surface area is 92.6 Å². The van der Waals surface area contributed by atoms with Crippen LogP contribution in [0.3, 0.4) is 0 Å². The van der Waals surface area contributed by atoms with Crippen LogP contribution in [0.5, 0.6) is 5.75 Å². The maximum Gasteiger partial charge on any atom is 0.145 e. The van der Waals surface area contributed by atoms with Gasteiger partial charge in [-0.05, 0) is 12.5 Å². The van der Waals surface area contributed by atoms with Crippen LogP contribution >= 0.6 is 11.6 Å². The normalized spacial score (nSPS) is 12.6. The lowest BCUT2D eigenvalue weighted by Gasteiger charge is -2.15. The quantitative estimate of drug-likeness (QED) is 0.835. The zero-order valence-corrected chi connectivity index (χ0v) is 9.09. The van der Waals surface area contributed by atoms with E-state index in [1.807, 2.05) is 0 Å². The molecule has 3 N–H and O–H groups in total. The van der Waals surface area contributed by atoms with E-state index in [9.17, 15) is 4.39 Å². The fourth-order valence-corrected chi connectivity index (χ4v) is 1.59. The Morgan fingerprint density at radius 3 is 2.80 bits per heavy atom. The highest BCUT2D eigenvalue weighted by atomic mass is 35.5. The van der Waals surface area contributed by atoms with Gasteiger partial charge in [0.2, 0.25) is 0 Å². The summed E-state index contributed by atoms with van der Waals surface area (Å²) < 4.78 is 18.1. The molecule has 0 radical (unpaired) electrons. The third kappa shape index (κ3) is 2.59. The van der Waals surface area contributed by atoms with Crippen LogP contribution in [0.25, 0.3) is 0 Å². The summed E-state index contributed by atoms with van der Waals surface area (Å²) in [5, 5.41) is 8.68. The van der Waals surface area contributed by atoms with Crippen molar-refractivity contribution in [3.63, 3.8) is 0 Å². The first-order valence-corrected chi connectivity index (χ1v) is 4.88. The minimum absolute atomic E-state index is 0.0423. The maximum atomic E-state index is 13.1. The van der Waals surface area contributed by atoms with Crippen molar-refractivity contribution in [3.05, 3.63) is 28.5 Å². The minimum Gasteiger partial charge on any atom is -0.495 e. The number of rotatable bonds is 4. The Balaban J connectivity index is 3.12. The molecule has 5 heteroatoms. The highest BCUT2D eigenvalue weighted by Gasteiger charge is 2.17. The molecule has 15 heavy (non-hydrogen) atoms. The lowest BCUT2D eigenvalue weighted by molar-refractivity contribution is 0.275. The summed E-state index contributed by atoms with van der Waals surface area (Å²) in [4.78, 5) is 0. The van der Waals surface area contributed by atoms with Crippen LogP contribution < -0.4 is 10.5 Å². The van der Waals surface area contributed by atoms with Crippen molar-refractivity contribution in [2.24, 2.45) is 5.73 Å². The van der Waals surface area contributed by atoms with E-state index in [-0.39, 0.29) is 17.4 Å². The van der Waals surface area contributed by atoms with Crippen molar-refractivity contribution < 1.29 is 14.2 Å². The van der Waals surface area contributed by atoms with Gasteiger partial charge in [0.25, 0.3) is 0 Å². The summed E-state index contributed by atoms with van der Waals surface area (Å²) in [7, 11) is 1.40. The van der Waals surface area contributed by atoms with Crippen LogP contribution in [0.4, 0.5) is 4.39 Å². The number of hydrogen-bond acceptors (Lipinski definition) is 3. The highest BCUT2D eigenvalue weighted by molar-refractivity contribution is 6.32. The van der Waals surface area contributed by atoms with Crippen LogP contribution in [-0.4, -0.2) is 18.8 Å². The summed E-state index contributed by atoms with van der Waals surface area (Å²) in [5.41, 5.74) is 6.38. The third-order valence-electron chi connectivity index (χ3n) is 2.12. The number of methoxy groups -OCH3 is 1. The standard InChI is InChI=1S/C10H13ClFNO2/c1-15-10-6(8(13)4-5-14)2-3-7(12)9(10)11/h2-3,8,14H,4-5,13H2,1H3. The molecule has 1 aromatic carbocycles. The van der Waals surface area contributed by atoms with Gasteiger partial charge in [0.05, 0.1) is 7.11 Å². The van der Waals surface area contributed by atoms with Gasteiger partial charge in [0.15, 0.2) is 0 Å². The van der Waals surface area contributed by atoms with E-state index in [1.54, 1.807) is 0 Å². The number of nitrogens with two attached hydrogens (primary N) is 1. The van der Waals surface area contributed by atoms with Crippen LogP contribution in [0.15, 0.2) is 12.1 Å². The van der Waals surface area contributed by atoms with E-state index >= 15 is 0 Å². The average molecular weight is 234 g/mol. The van der Waals surface area contributed by atoms with E-state index in [1.165, 1.54) is 19.2 Å². The molecule has 1 aromatic rings. The minimum atomic E-state index is -0.548. The van der Waals surface area contributed by atoms with Gasteiger partial charge in [0, 0.05) is 18.2 Å². The predicted molar refractivity (Wildman–Crippen MR) is 56.6 cm³/mol. The Kier molecular flexibility index (Phi) is 4.32. The molecule has 0 saturated carbocycles. The van der Waals surface area contributed by atoms with Crippen molar-refractivity contribution in [1.82, 2.24) is 0 Å². The van der Waals surface area contributed by atoms with Crippen molar-refractivity contribution >= 4 is 11.6 Å². The molecule has 0 saturated heterocycles. The Bertz CT molecular complexity index is 346. The second-order valence-electron chi connectivity index (χ2n) is 3.10. The fourth-order valence-electron chi connectivity index (χ4n) is 1.34. The van der Waals surface area contributed by atoms with Gasteiger partial charge in [-0.3, -0.25) is 0 Å². The van der Waals surface area contributed by atoms with Gasteiger partial charge in [0.1, 0.15) is 16.6 Å². The monoisotopic (exact) mass is 233 g/mol. The van der Waals surface area contributed by atoms with E-state index in [0.29, 0.717) is 12.0 Å². The molecule has 1 unspecified atom stereocenters. The summed E-state index contributed by atoms with van der Waals surface area (Å²) in [6.07, 6.45) is 0.373. The summed E-state index contributed by atoms with van der Waals surface area (Å²) in [5.74, 6) is -0.314. The van der Waals surface area contributed by atoms with Crippen molar-refractivity contribution in [2.75, 3.05) is 13.7 Å². The van der Waals surface area contributed by atoms with Crippen molar-refractivity contribution in [1.29, 1.82) is 0 Å². The summed E-state index contributed by atoms with van der Waals surface area (Å²) in [6.45, 7) is -0.0423. The molecule has 0 aromatic heterocycles. The van der Waals surface area contributed by atoms with Crippen molar-refractivity contribution in [2.45, 2.75) is 12.5 Å². The number of aliphatic hydroxyl groups is 1. The van der Waals surface area contributed by atoms with Gasteiger partial charge in [-0.25, -0.2) is 4.39 Å². The molecular weight excluding hydrogens is 221 g/mol. The fraction of sp³-hybridized carbons (Fsp3) is 0.400. The van der Waals surface area contributed by atoms with E-state index in [2.05, 4.69) is 0 Å². The predicted octanol–water partition coefficient (Wildman–Crippen LogP) is 1.87. The van der Waals surface area contributed by atoms with Crippen LogP contribution in [0.1, 0.15) is 18.0 Å². The number of halogens is 2. The summed E-state index contributed by atoms with van der Waals surface area (Å²) in [6, 6.07) is 2.33. The topological polar surface area (TPSA) is 55.5 Å². The molecule has 0 amide bonds. The number of benzene rings is 1. The van der Waals surface area contributed by atoms with Crippen LogP contribution in [0.2, 0.25) is 5.02 Å². The molecule has 1 rings (SSSR count). The third-order valence-corrected chi connectivity index (χ3v) is 2.48. The highest BCUT2D eigenvalue weighted by Crippen LogP contribution is 2.34. The van der Waals surface area contributed by atoms with E-state index in [4.69, 9.17) is 27.2 Å². The molecule has 1 atom stereocenters. The number of aliphatic hydroxyl groups excluding tert-OH is 1. The number of ether oxygens (including phenoxy) is 1. The first-order valence-electron chi connectivity index (χ1n) is 4.50. The molecule has 0 fully saturated rings. The maximum absolute atomic E-state index is 13.1. The molecule has 0 heterocycles.